The fourth-order valence-corrected chi connectivity index (χ4v) is 4.90. The fourth-order valence-electron chi connectivity index (χ4n) is 3.70. The minimum absolute atomic E-state index is 0.159. The Morgan fingerprint density at radius 3 is 2.96 bits per heavy atom. The molecule has 0 bridgehead atoms. The highest BCUT2D eigenvalue weighted by Gasteiger charge is 2.26. The molecule has 0 unspecified atom stereocenters. The van der Waals surface area contributed by atoms with Crippen molar-refractivity contribution < 1.29 is 9.18 Å². The van der Waals surface area contributed by atoms with Gasteiger partial charge in [-0.2, -0.15) is 0 Å². The van der Waals surface area contributed by atoms with E-state index in [0.29, 0.717) is 17.2 Å². The Kier molecular flexibility index (Phi) is 5.21. The van der Waals surface area contributed by atoms with E-state index in [0.717, 1.165) is 40.4 Å². The van der Waals surface area contributed by atoms with Crippen LogP contribution < -0.4 is 10.2 Å². The van der Waals surface area contributed by atoms with Gasteiger partial charge in [0.2, 0.25) is 0 Å². The number of rotatable bonds is 3. The zero-order chi connectivity index (χ0) is 19.8. The van der Waals surface area contributed by atoms with Gasteiger partial charge < -0.3 is 10.2 Å². The molecule has 1 aromatic carbocycles. The molecule has 0 aliphatic carbocycles. The van der Waals surface area contributed by atoms with Crippen molar-refractivity contribution in [2.24, 2.45) is 5.92 Å². The lowest BCUT2D eigenvalue weighted by atomic mass is 10.00. The third-order valence-electron chi connectivity index (χ3n) is 5.01. The highest BCUT2D eigenvalue weighted by Crippen LogP contribution is 2.37. The van der Waals surface area contributed by atoms with E-state index in [2.05, 4.69) is 27.1 Å². The first-order valence-corrected chi connectivity index (χ1v) is 10.4. The van der Waals surface area contributed by atoms with E-state index in [-0.39, 0.29) is 10.9 Å². The zero-order valence-electron chi connectivity index (χ0n) is 15.6. The molecule has 1 aliphatic heterocycles. The second-order valence-corrected chi connectivity index (χ2v) is 8.79. The lowest BCUT2D eigenvalue weighted by molar-refractivity contribution is 0.102. The van der Waals surface area contributed by atoms with Gasteiger partial charge in [-0.25, -0.2) is 14.4 Å². The van der Waals surface area contributed by atoms with Crippen molar-refractivity contribution in [3.05, 3.63) is 45.8 Å². The van der Waals surface area contributed by atoms with Gasteiger partial charge in [0.25, 0.3) is 5.91 Å². The normalized spacial score (nSPS) is 17.1. The number of fused-ring (bicyclic) bond motifs is 1. The quantitative estimate of drug-likeness (QED) is 0.628. The monoisotopic (exact) mass is 418 g/mol. The first kappa shape index (κ1) is 19.1. The molecule has 1 N–H and O–H groups in total. The summed E-state index contributed by atoms with van der Waals surface area (Å²) < 4.78 is 13.3. The number of nitrogens with one attached hydrogen (secondary N) is 1. The molecule has 0 saturated carbocycles. The number of hydrogen-bond donors (Lipinski definition) is 1. The molecule has 1 fully saturated rings. The van der Waals surface area contributed by atoms with Crippen molar-refractivity contribution in [2.75, 3.05) is 23.3 Å². The first-order chi connectivity index (χ1) is 13.4. The Bertz CT molecular complexity index is 1050. The molecule has 1 amide bonds. The number of thiophene rings is 1. The van der Waals surface area contributed by atoms with E-state index < -0.39 is 5.82 Å². The van der Waals surface area contributed by atoms with Crippen LogP contribution in [0.1, 0.15) is 35.0 Å². The molecule has 5 nitrogen and oxygen atoms in total. The average Bonchev–Trinajstić information content (AvgIpc) is 3.00. The highest BCUT2D eigenvalue weighted by molar-refractivity contribution is 7.19. The number of hydrogen-bond acceptors (Lipinski definition) is 5. The molecule has 0 radical (unpaired) electrons. The molecule has 1 atom stereocenters. The van der Waals surface area contributed by atoms with Gasteiger partial charge in [0.1, 0.15) is 22.8 Å². The van der Waals surface area contributed by atoms with Crippen LogP contribution in [-0.4, -0.2) is 29.0 Å². The van der Waals surface area contributed by atoms with Gasteiger partial charge in [-0.05, 0) is 43.9 Å². The van der Waals surface area contributed by atoms with E-state index in [1.54, 1.807) is 6.33 Å². The summed E-state index contributed by atoms with van der Waals surface area (Å²) in [6.45, 7) is 5.95. The van der Waals surface area contributed by atoms with Gasteiger partial charge in [0.05, 0.1) is 21.7 Å². The summed E-state index contributed by atoms with van der Waals surface area (Å²) in [5.41, 5.74) is 0.922. The maximum absolute atomic E-state index is 13.3. The van der Waals surface area contributed by atoms with Gasteiger partial charge in [-0.3, -0.25) is 4.79 Å². The summed E-state index contributed by atoms with van der Waals surface area (Å²) in [4.78, 5) is 25.9. The minimum atomic E-state index is -0.449. The van der Waals surface area contributed by atoms with Crippen LogP contribution in [0.3, 0.4) is 0 Å². The van der Waals surface area contributed by atoms with Crippen LogP contribution in [0.2, 0.25) is 5.02 Å². The van der Waals surface area contributed by atoms with Crippen LogP contribution >= 0.6 is 22.9 Å². The van der Waals surface area contributed by atoms with Crippen molar-refractivity contribution in [2.45, 2.75) is 26.7 Å². The topological polar surface area (TPSA) is 58.1 Å². The van der Waals surface area contributed by atoms with Crippen LogP contribution in [0.15, 0.2) is 24.5 Å². The Hall–Kier alpha value is -2.25. The molecule has 4 rings (SSSR count). The van der Waals surface area contributed by atoms with Crippen LogP contribution in [0, 0.1) is 18.7 Å². The van der Waals surface area contributed by atoms with Crippen molar-refractivity contribution >= 4 is 50.6 Å². The van der Waals surface area contributed by atoms with E-state index >= 15 is 0 Å². The van der Waals surface area contributed by atoms with E-state index in [1.807, 2.05) is 6.92 Å². The maximum Gasteiger partial charge on any atom is 0.257 e. The Labute approximate surface area is 171 Å². The molecule has 3 aromatic rings. The average molecular weight is 419 g/mol. The largest absolute Gasteiger partial charge is 0.356 e. The van der Waals surface area contributed by atoms with Gasteiger partial charge in [0.15, 0.2) is 0 Å². The predicted molar refractivity (Wildman–Crippen MR) is 112 cm³/mol. The standard InChI is InChI=1S/C20H20ClFN4OS/c1-11-4-3-7-26(9-11)18-17-16(12(2)28-20(17)24-10-23-18)19(27)25-15-6-5-13(22)8-14(15)21/h5-6,8,10-11H,3-4,7,9H2,1-2H3,(H,25,27)/t11-/m1/s1. The lowest BCUT2D eigenvalue weighted by Crippen LogP contribution is -2.35. The predicted octanol–water partition coefficient (Wildman–Crippen LogP) is 5.28. The number of carbonyl (C=O) groups is 1. The summed E-state index contributed by atoms with van der Waals surface area (Å²) in [5.74, 6) is 0.637. The summed E-state index contributed by atoms with van der Waals surface area (Å²) in [6, 6.07) is 3.91. The van der Waals surface area contributed by atoms with E-state index in [9.17, 15) is 9.18 Å². The maximum atomic E-state index is 13.3. The first-order valence-electron chi connectivity index (χ1n) is 9.19. The molecule has 146 valence electrons. The van der Waals surface area contributed by atoms with Gasteiger partial charge in [0, 0.05) is 18.0 Å². The molecule has 2 aromatic heterocycles. The van der Waals surface area contributed by atoms with Crippen molar-refractivity contribution in [1.82, 2.24) is 9.97 Å². The minimum Gasteiger partial charge on any atom is -0.356 e. The third kappa shape index (κ3) is 3.56. The van der Waals surface area contributed by atoms with Gasteiger partial charge in [-0.1, -0.05) is 18.5 Å². The number of aryl methyl sites for hydroxylation is 1. The molecule has 1 saturated heterocycles. The highest BCUT2D eigenvalue weighted by atomic mass is 35.5. The van der Waals surface area contributed by atoms with Gasteiger partial charge >= 0.3 is 0 Å². The summed E-state index contributed by atoms with van der Waals surface area (Å²) >= 11 is 7.55. The fraction of sp³-hybridized carbons (Fsp3) is 0.350. The third-order valence-corrected chi connectivity index (χ3v) is 6.33. The van der Waals surface area contributed by atoms with E-state index in [4.69, 9.17) is 11.6 Å². The number of amides is 1. The zero-order valence-corrected chi connectivity index (χ0v) is 17.2. The molecular weight excluding hydrogens is 399 g/mol. The van der Waals surface area contributed by atoms with Crippen LogP contribution in [-0.2, 0) is 0 Å². The Morgan fingerprint density at radius 1 is 1.39 bits per heavy atom. The van der Waals surface area contributed by atoms with Crippen molar-refractivity contribution in [3.63, 3.8) is 0 Å². The van der Waals surface area contributed by atoms with Crippen LogP contribution in [0.5, 0.6) is 0 Å². The number of carbonyl (C=O) groups excluding carboxylic acids is 1. The number of aromatic nitrogens is 2. The number of piperidine rings is 1. The molecule has 3 heterocycles. The molecular formula is C20H20ClFN4OS. The number of nitrogens with zero attached hydrogens (tertiary/aromatic N) is 3. The van der Waals surface area contributed by atoms with Crippen LogP contribution in [0.25, 0.3) is 10.2 Å². The number of halogens is 2. The second kappa shape index (κ2) is 7.64. The summed E-state index contributed by atoms with van der Waals surface area (Å²) in [6.07, 6.45) is 3.86. The molecule has 0 spiro atoms. The Balaban J connectivity index is 1.76. The van der Waals surface area contributed by atoms with Gasteiger partial charge in [-0.15, -0.1) is 11.3 Å². The number of anilines is 2. The molecule has 8 heteroatoms. The summed E-state index contributed by atoms with van der Waals surface area (Å²) in [5, 5.41) is 3.74. The van der Waals surface area contributed by atoms with Crippen molar-refractivity contribution in [1.29, 1.82) is 0 Å². The van der Waals surface area contributed by atoms with Crippen LogP contribution in [0.4, 0.5) is 15.9 Å². The summed E-state index contributed by atoms with van der Waals surface area (Å²) in [7, 11) is 0. The molecule has 28 heavy (non-hydrogen) atoms. The second-order valence-electron chi connectivity index (χ2n) is 7.18. The Morgan fingerprint density at radius 2 is 2.21 bits per heavy atom. The SMILES string of the molecule is Cc1sc2ncnc(N3CCC[C@@H](C)C3)c2c1C(=O)Nc1ccc(F)cc1Cl. The van der Waals surface area contributed by atoms with Crippen molar-refractivity contribution in [3.8, 4) is 0 Å². The molecule has 1 aliphatic rings. The number of benzene rings is 1. The van der Waals surface area contributed by atoms with E-state index in [1.165, 1.54) is 36.0 Å². The lowest BCUT2D eigenvalue weighted by Gasteiger charge is -2.32. The smallest absolute Gasteiger partial charge is 0.257 e.